The number of aromatic nitrogens is 3. The minimum Gasteiger partial charge on any atom is -0.493 e. The predicted octanol–water partition coefficient (Wildman–Crippen LogP) is 3.19. The average molecular weight is 417 g/mol. The van der Waals surface area contributed by atoms with Crippen molar-refractivity contribution in [2.24, 2.45) is 5.73 Å². The van der Waals surface area contributed by atoms with Crippen LogP contribution in [0.4, 0.5) is 5.82 Å². The van der Waals surface area contributed by atoms with E-state index in [0.717, 1.165) is 17.5 Å². The second-order valence-electron chi connectivity index (χ2n) is 6.90. The number of imidazole rings is 1. The lowest BCUT2D eigenvalue weighted by molar-refractivity contribution is 0.100. The number of carbonyl (C=O) groups excluding carboxylic acids is 1. The third kappa shape index (κ3) is 4.13. The summed E-state index contributed by atoms with van der Waals surface area (Å²) < 4.78 is 12.6. The topological polar surface area (TPSA) is 104 Å². The number of anilines is 1. The molecule has 0 aliphatic carbocycles. The quantitative estimate of drug-likeness (QED) is 0.456. The van der Waals surface area contributed by atoms with Gasteiger partial charge in [0.15, 0.2) is 11.5 Å². The minimum atomic E-state index is -0.539. The third-order valence-electron chi connectivity index (χ3n) is 4.99. The Bertz CT molecular complexity index is 1220. The highest BCUT2D eigenvalue weighted by Crippen LogP contribution is 2.32. The fraction of sp³-hybridized carbons (Fsp3) is 0.174. The van der Waals surface area contributed by atoms with Crippen molar-refractivity contribution in [3.05, 3.63) is 72.1 Å². The molecular weight excluding hydrogens is 394 g/mol. The molecule has 1 amide bonds. The van der Waals surface area contributed by atoms with E-state index >= 15 is 0 Å². The molecule has 0 aliphatic heterocycles. The highest BCUT2D eigenvalue weighted by atomic mass is 16.5. The Morgan fingerprint density at radius 1 is 1.06 bits per heavy atom. The van der Waals surface area contributed by atoms with Gasteiger partial charge in [-0.1, -0.05) is 30.3 Å². The number of fused-ring (bicyclic) bond motifs is 1. The largest absolute Gasteiger partial charge is 0.493 e. The van der Waals surface area contributed by atoms with Crippen LogP contribution in [0, 0.1) is 0 Å². The van der Waals surface area contributed by atoms with Crippen molar-refractivity contribution in [1.82, 2.24) is 14.5 Å². The van der Waals surface area contributed by atoms with E-state index in [4.69, 9.17) is 15.2 Å². The van der Waals surface area contributed by atoms with Gasteiger partial charge in [0.2, 0.25) is 0 Å². The van der Waals surface area contributed by atoms with Gasteiger partial charge in [-0.2, -0.15) is 0 Å². The van der Waals surface area contributed by atoms with Crippen LogP contribution in [0.25, 0.3) is 16.9 Å². The highest BCUT2D eigenvalue weighted by molar-refractivity contribution is 5.97. The summed E-state index contributed by atoms with van der Waals surface area (Å²) in [5, 5.41) is 3.24. The molecule has 2 aromatic heterocycles. The molecule has 4 aromatic rings. The van der Waals surface area contributed by atoms with Crippen LogP contribution >= 0.6 is 0 Å². The average Bonchev–Trinajstić information content (AvgIpc) is 3.21. The molecule has 4 rings (SSSR count). The van der Waals surface area contributed by atoms with Gasteiger partial charge in [0.05, 0.1) is 30.8 Å². The standard InChI is InChI=1S/C23H23N5O3/c1-30-19-12-17-18(13-20(19)31-2)28(14-26-17)21-9-8-16(22(24)29)23(27-21)25-11-10-15-6-4-3-5-7-15/h3-9,12-14H,10-11H2,1-2H3,(H2,24,29)(H,25,27). The zero-order chi connectivity index (χ0) is 21.8. The first-order chi connectivity index (χ1) is 15.1. The number of hydrogen-bond acceptors (Lipinski definition) is 6. The molecular formula is C23H23N5O3. The van der Waals surface area contributed by atoms with Crippen LogP contribution < -0.4 is 20.5 Å². The second kappa shape index (κ2) is 8.74. The summed E-state index contributed by atoms with van der Waals surface area (Å²) in [4.78, 5) is 21.0. The number of ether oxygens (including phenoxy) is 2. The molecule has 0 radical (unpaired) electrons. The van der Waals surface area contributed by atoms with E-state index in [2.05, 4.69) is 27.4 Å². The Kier molecular flexibility index (Phi) is 5.70. The number of rotatable bonds is 8. The lowest BCUT2D eigenvalue weighted by Gasteiger charge is -2.13. The number of pyridine rings is 1. The van der Waals surface area contributed by atoms with Crippen LogP contribution in [0.1, 0.15) is 15.9 Å². The number of methoxy groups -OCH3 is 2. The van der Waals surface area contributed by atoms with E-state index in [1.807, 2.05) is 34.9 Å². The van der Waals surface area contributed by atoms with E-state index in [1.54, 1.807) is 32.7 Å². The van der Waals surface area contributed by atoms with Crippen LogP contribution in [0.15, 0.2) is 60.9 Å². The monoisotopic (exact) mass is 417 g/mol. The lowest BCUT2D eigenvalue weighted by Crippen LogP contribution is -2.17. The Labute approximate surface area is 179 Å². The molecule has 2 aromatic carbocycles. The van der Waals surface area contributed by atoms with Crippen LogP contribution in [-0.4, -0.2) is 41.2 Å². The Balaban J connectivity index is 1.67. The van der Waals surface area contributed by atoms with Crippen LogP contribution in [0.3, 0.4) is 0 Å². The zero-order valence-electron chi connectivity index (χ0n) is 17.3. The fourth-order valence-electron chi connectivity index (χ4n) is 3.41. The second-order valence-corrected chi connectivity index (χ2v) is 6.90. The van der Waals surface area contributed by atoms with E-state index in [-0.39, 0.29) is 0 Å². The van der Waals surface area contributed by atoms with Gasteiger partial charge in [-0.25, -0.2) is 9.97 Å². The van der Waals surface area contributed by atoms with Gasteiger partial charge in [0.1, 0.15) is 18.0 Å². The molecule has 0 fully saturated rings. The summed E-state index contributed by atoms with van der Waals surface area (Å²) in [6, 6.07) is 17.1. The van der Waals surface area contributed by atoms with Crippen LogP contribution in [0.2, 0.25) is 0 Å². The Morgan fingerprint density at radius 3 is 2.52 bits per heavy atom. The third-order valence-corrected chi connectivity index (χ3v) is 4.99. The molecule has 8 nitrogen and oxygen atoms in total. The number of hydrogen-bond donors (Lipinski definition) is 2. The molecule has 31 heavy (non-hydrogen) atoms. The smallest absolute Gasteiger partial charge is 0.252 e. The molecule has 0 spiro atoms. The Morgan fingerprint density at radius 2 is 1.81 bits per heavy atom. The molecule has 2 heterocycles. The van der Waals surface area contributed by atoms with Crippen molar-refractivity contribution >= 4 is 22.8 Å². The first-order valence-corrected chi connectivity index (χ1v) is 9.79. The summed E-state index contributed by atoms with van der Waals surface area (Å²) in [5.74, 6) is 1.68. The molecule has 0 saturated heterocycles. The molecule has 0 aliphatic rings. The van der Waals surface area contributed by atoms with Gasteiger partial charge in [-0.15, -0.1) is 0 Å². The van der Waals surface area contributed by atoms with Crippen molar-refractivity contribution in [3.8, 4) is 17.3 Å². The molecule has 158 valence electrons. The zero-order valence-corrected chi connectivity index (χ0v) is 17.3. The molecule has 3 N–H and O–H groups in total. The Hall–Kier alpha value is -4.07. The maximum Gasteiger partial charge on any atom is 0.252 e. The van der Waals surface area contributed by atoms with Crippen molar-refractivity contribution < 1.29 is 14.3 Å². The van der Waals surface area contributed by atoms with Gasteiger partial charge in [-0.3, -0.25) is 9.36 Å². The number of benzene rings is 2. The van der Waals surface area contributed by atoms with Crippen molar-refractivity contribution in [3.63, 3.8) is 0 Å². The van der Waals surface area contributed by atoms with E-state index in [9.17, 15) is 4.79 Å². The summed E-state index contributed by atoms with van der Waals surface area (Å²) in [6.45, 7) is 0.608. The predicted molar refractivity (Wildman–Crippen MR) is 119 cm³/mol. The first kappa shape index (κ1) is 20.2. The minimum absolute atomic E-state index is 0.334. The maximum absolute atomic E-state index is 11.9. The highest BCUT2D eigenvalue weighted by Gasteiger charge is 2.15. The van der Waals surface area contributed by atoms with Crippen molar-refractivity contribution in [1.29, 1.82) is 0 Å². The molecule has 0 unspecified atom stereocenters. The normalized spacial score (nSPS) is 10.8. The summed E-state index contributed by atoms with van der Waals surface area (Å²) >= 11 is 0. The molecule has 0 saturated carbocycles. The number of nitrogens with one attached hydrogen (secondary N) is 1. The number of primary amides is 1. The van der Waals surface area contributed by atoms with E-state index < -0.39 is 5.91 Å². The SMILES string of the molecule is COc1cc2ncn(-c3ccc(C(N)=O)c(NCCc4ccccc4)n3)c2cc1OC. The van der Waals surface area contributed by atoms with Crippen molar-refractivity contribution in [2.75, 3.05) is 26.1 Å². The van der Waals surface area contributed by atoms with Gasteiger partial charge in [0.25, 0.3) is 5.91 Å². The summed E-state index contributed by atoms with van der Waals surface area (Å²) in [7, 11) is 3.16. The van der Waals surface area contributed by atoms with Gasteiger partial charge in [-0.05, 0) is 24.1 Å². The van der Waals surface area contributed by atoms with Crippen LogP contribution in [0.5, 0.6) is 11.5 Å². The van der Waals surface area contributed by atoms with Crippen molar-refractivity contribution in [2.45, 2.75) is 6.42 Å². The fourth-order valence-corrected chi connectivity index (χ4v) is 3.41. The van der Waals surface area contributed by atoms with Gasteiger partial charge in [0, 0.05) is 18.7 Å². The number of nitrogens with two attached hydrogens (primary N) is 1. The van der Waals surface area contributed by atoms with Gasteiger partial charge >= 0.3 is 0 Å². The number of carbonyl (C=O) groups is 1. The molecule has 0 bridgehead atoms. The molecule has 8 heteroatoms. The number of amides is 1. The summed E-state index contributed by atoms with van der Waals surface area (Å²) in [5.41, 5.74) is 8.61. The van der Waals surface area contributed by atoms with Crippen LogP contribution in [-0.2, 0) is 6.42 Å². The maximum atomic E-state index is 11.9. The first-order valence-electron chi connectivity index (χ1n) is 9.79. The lowest BCUT2D eigenvalue weighted by atomic mass is 10.1. The van der Waals surface area contributed by atoms with E-state index in [1.165, 1.54) is 5.56 Å². The van der Waals surface area contributed by atoms with Gasteiger partial charge < -0.3 is 20.5 Å². The van der Waals surface area contributed by atoms with E-state index in [0.29, 0.717) is 35.2 Å². The number of nitrogens with zero attached hydrogens (tertiary/aromatic N) is 3. The summed E-state index contributed by atoms with van der Waals surface area (Å²) in [6.07, 6.45) is 2.46. The molecule has 0 atom stereocenters.